The van der Waals surface area contributed by atoms with Crippen molar-refractivity contribution in [2.75, 3.05) is 0 Å². The van der Waals surface area contributed by atoms with Crippen LogP contribution in [0.15, 0.2) is 57.5 Å². The van der Waals surface area contributed by atoms with E-state index in [-0.39, 0.29) is 0 Å². The Morgan fingerprint density at radius 1 is 0.284 bits per heavy atom. The smallest absolute Gasteiger partial charge is 0.0175 e. The molecule has 2 rings (SSSR count). The fraction of sp³-hybridized carbons (Fsp3) is 0.812. The van der Waals surface area contributed by atoms with E-state index in [4.69, 9.17) is 0 Å². The number of benzene rings is 2. The molecule has 0 saturated carbocycles. The standard InChI is InChI=1S/C64H112Br2S/c1-5-9-13-17-21-25-27-31-35-39-43-59(41-37-33-29-23-19-15-11-7-3)63(55-49-57-45-51-61(65)52-46-57)67-64(56-50-58-47-53-62(66)54-48-58)60(42-38-34-30-24-20-16-12-8-4)44-40-36-32-28-26-22-18-14-10-6-2/h45-48,51-54,59-60,63-64H,5-44,49-50,55-56H2,1-4H3. The predicted octanol–water partition coefficient (Wildman–Crippen LogP) is 24.2. The van der Waals surface area contributed by atoms with E-state index >= 15 is 0 Å². The summed E-state index contributed by atoms with van der Waals surface area (Å²) in [5.74, 6) is 1.68. The summed E-state index contributed by atoms with van der Waals surface area (Å²) in [5.41, 5.74) is 3.07. The first-order valence-electron chi connectivity index (χ1n) is 30.1. The summed E-state index contributed by atoms with van der Waals surface area (Å²) in [5, 5.41) is 1.49. The average molecular weight is 1070 g/mol. The van der Waals surface area contributed by atoms with Crippen LogP contribution in [0.5, 0.6) is 0 Å². The van der Waals surface area contributed by atoms with Crippen molar-refractivity contribution < 1.29 is 0 Å². The van der Waals surface area contributed by atoms with E-state index < -0.39 is 0 Å². The fourth-order valence-electron chi connectivity index (χ4n) is 10.9. The Balaban J connectivity index is 2.35. The molecule has 388 valence electrons. The maximum Gasteiger partial charge on any atom is 0.0175 e. The first kappa shape index (κ1) is 62.9. The number of hydrogen-bond acceptors (Lipinski definition) is 1. The van der Waals surface area contributed by atoms with Crippen molar-refractivity contribution in [2.24, 2.45) is 11.8 Å². The van der Waals surface area contributed by atoms with E-state index in [9.17, 15) is 0 Å². The second kappa shape index (κ2) is 46.8. The number of halogens is 2. The molecule has 3 heteroatoms. The number of thioether (sulfide) groups is 1. The van der Waals surface area contributed by atoms with Gasteiger partial charge in [0.1, 0.15) is 0 Å². The molecule has 0 aromatic heterocycles. The van der Waals surface area contributed by atoms with Crippen LogP contribution in [0.25, 0.3) is 0 Å². The average Bonchev–Trinajstić information content (AvgIpc) is 3.34. The molecule has 0 radical (unpaired) electrons. The van der Waals surface area contributed by atoms with Crippen molar-refractivity contribution in [3.05, 3.63) is 68.6 Å². The Labute approximate surface area is 441 Å². The second-order valence-electron chi connectivity index (χ2n) is 21.5. The van der Waals surface area contributed by atoms with Crippen LogP contribution in [0.2, 0.25) is 0 Å². The van der Waals surface area contributed by atoms with Gasteiger partial charge in [0.2, 0.25) is 0 Å². The molecule has 4 unspecified atom stereocenters. The summed E-state index contributed by atoms with van der Waals surface area (Å²) in [4.78, 5) is 0. The number of aryl methyl sites for hydroxylation is 2. The molecule has 2 aromatic carbocycles. The Morgan fingerprint density at radius 3 is 0.716 bits per heavy atom. The predicted molar refractivity (Wildman–Crippen MR) is 314 cm³/mol. The van der Waals surface area contributed by atoms with Crippen LogP contribution >= 0.6 is 43.6 Å². The van der Waals surface area contributed by atoms with Gasteiger partial charge in [-0.2, -0.15) is 11.8 Å². The lowest BCUT2D eigenvalue weighted by Gasteiger charge is -2.35. The molecule has 0 nitrogen and oxygen atoms in total. The van der Waals surface area contributed by atoms with E-state index in [0.717, 1.165) is 22.3 Å². The summed E-state index contributed by atoms with van der Waals surface area (Å²) >= 11 is 10.0. The maximum atomic E-state index is 3.75. The number of rotatable bonds is 50. The van der Waals surface area contributed by atoms with Gasteiger partial charge in [-0.15, -0.1) is 0 Å². The lowest BCUT2D eigenvalue weighted by atomic mass is 9.88. The van der Waals surface area contributed by atoms with Crippen LogP contribution in [-0.2, 0) is 12.8 Å². The third-order valence-electron chi connectivity index (χ3n) is 15.4. The lowest BCUT2D eigenvalue weighted by molar-refractivity contribution is 0.365. The van der Waals surface area contributed by atoms with Gasteiger partial charge >= 0.3 is 0 Å². The van der Waals surface area contributed by atoms with Crippen LogP contribution < -0.4 is 0 Å². The van der Waals surface area contributed by atoms with Gasteiger partial charge in [-0.1, -0.05) is 315 Å². The van der Waals surface area contributed by atoms with Gasteiger partial charge in [0.05, 0.1) is 0 Å². The molecule has 0 aliphatic carbocycles. The van der Waals surface area contributed by atoms with Gasteiger partial charge in [0.25, 0.3) is 0 Å². The maximum absolute atomic E-state index is 3.75. The monoisotopic (exact) mass is 1070 g/mol. The molecule has 0 N–H and O–H groups in total. The van der Waals surface area contributed by atoms with Crippen LogP contribution in [-0.4, -0.2) is 10.5 Å². The summed E-state index contributed by atoms with van der Waals surface area (Å²) in [7, 11) is 0. The fourth-order valence-corrected chi connectivity index (χ4v) is 13.3. The zero-order chi connectivity index (χ0) is 48.1. The third-order valence-corrected chi connectivity index (χ3v) is 18.4. The van der Waals surface area contributed by atoms with Crippen molar-refractivity contribution in [2.45, 2.75) is 321 Å². The zero-order valence-electron chi connectivity index (χ0n) is 45.2. The highest BCUT2D eigenvalue weighted by molar-refractivity contribution is 9.10. The summed E-state index contributed by atoms with van der Waals surface area (Å²) in [6, 6.07) is 18.8. The summed E-state index contributed by atoms with van der Waals surface area (Å²) in [6.07, 6.45) is 62.5. The van der Waals surface area contributed by atoms with Crippen molar-refractivity contribution >= 4 is 43.6 Å². The van der Waals surface area contributed by atoms with Crippen LogP contribution in [0.4, 0.5) is 0 Å². The Hall–Kier alpha value is -0.250. The normalized spacial score (nSPS) is 13.6. The first-order chi connectivity index (χ1) is 33.0. The van der Waals surface area contributed by atoms with E-state index in [1.54, 1.807) is 0 Å². The minimum absolute atomic E-state index is 0.746. The molecule has 4 atom stereocenters. The van der Waals surface area contributed by atoms with E-state index in [0.29, 0.717) is 0 Å². The highest BCUT2D eigenvalue weighted by atomic mass is 79.9. The lowest BCUT2D eigenvalue weighted by Crippen LogP contribution is -2.27. The molecule has 0 spiro atoms. The van der Waals surface area contributed by atoms with Gasteiger partial charge < -0.3 is 0 Å². The first-order valence-corrected chi connectivity index (χ1v) is 32.7. The molecule has 67 heavy (non-hydrogen) atoms. The zero-order valence-corrected chi connectivity index (χ0v) is 49.2. The van der Waals surface area contributed by atoms with Crippen molar-refractivity contribution in [3.8, 4) is 0 Å². The minimum atomic E-state index is 0.746. The largest absolute Gasteiger partial charge is 0.155 e. The number of unbranched alkanes of at least 4 members (excludes halogenated alkanes) is 32. The molecule has 0 heterocycles. The molecule has 0 aliphatic rings. The van der Waals surface area contributed by atoms with E-state index in [1.165, 1.54) is 303 Å². The molecule has 0 fully saturated rings. The second-order valence-corrected chi connectivity index (χ2v) is 24.8. The Morgan fingerprint density at radius 2 is 0.493 bits per heavy atom. The molecular weight excluding hydrogens is 961 g/mol. The van der Waals surface area contributed by atoms with Crippen LogP contribution in [0, 0.1) is 11.8 Å². The minimum Gasteiger partial charge on any atom is -0.155 e. The van der Waals surface area contributed by atoms with E-state index in [2.05, 4.69) is 120 Å². The van der Waals surface area contributed by atoms with Crippen molar-refractivity contribution in [3.63, 3.8) is 0 Å². The topological polar surface area (TPSA) is 0 Å². The van der Waals surface area contributed by atoms with Gasteiger partial charge in [0, 0.05) is 19.4 Å². The van der Waals surface area contributed by atoms with Gasteiger partial charge in [0.15, 0.2) is 0 Å². The molecule has 2 aromatic rings. The molecular formula is C64H112Br2S. The Bertz CT molecular complexity index is 1190. The highest BCUT2D eigenvalue weighted by Crippen LogP contribution is 2.41. The SMILES string of the molecule is CCCCCCCCCCCCC(CCCCCCCCCC)C(CCc1ccc(Br)cc1)SC(CCc1ccc(Br)cc1)C(CCCCCCCCCC)CCCCCCCCCCCC. The van der Waals surface area contributed by atoms with Gasteiger partial charge in [-0.05, 0) is 98.6 Å². The molecule has 0 amide bonds. The van der Waals surface area contributed by atoms with Gasteiger partial charge in [-0.25, -0.2) is 0 Å². The van der Waals surface area contributed by atoms with Crippen LogP contribution in [0.1, 0.15) is 308 Å². The quantitative estimate of drug-likeness (QED) is 0.0595. The van der Waals surface area contributed by atoms with Crippen molar-refractivity contribution in [1.82, 2.24) is 0 Å². The highest BCUT2D eigenvalue weighted by Gasteiger charge is 2.29. The van der Waals surface area contributed by atoms with E-state index in [1.807, 2.05) is 0 Å². The summed E-state index contributed by atoms with van der Waals surface area (Å²) < 4.78 is 2.42. The Kier molecular flexibility index (Phi) is 43.9. The third kappa shape index (κ3) is 36.3. The summed E-state index contributed by atoms with van der Waals surface area (Å²) in [6.45, 7) is 9.38. The molecule has 0 bridgehead atoms. The molecule has 0 saturated heterocycles. The van der Waals surface area contributed by atoms with Crippen molar-refractivity contribution in [1.29, 1.82) is 0 Å². The number of hydrogen-bond donors (Lipinski definition) is 0. The van der Waals surface area contributed by atoms with Crippen LogP contribution in [0.3, 0.4) is 0 Å². The van der Waals surface area contributed by atoms with Gasteiger partial charge in [-0.3, -0.25) is 0 Å². The molecule has 0 aliphatic heterocycles.